The Morgan fingerprint density at radius 3 is 2.75 bits per heavy atom. The summed E-state index contributed by atoms with van der Waals surface area (Å²) in [5.41, 5.74) is 0.345. The van der Waals surface area contributed by atoms with Crippen molar-refractivity contribution in [1.29, 1.82) is 0 Å². The quantitative estimate of drug-likeness (QED) is 0.860. The number of sulfone groups is 1. The van der Waals surface area contributed by atoms with Crippen molar-refractivity contribution in [3.63, 3.8) is 0 Å². The van der Waals surface area contributed by atoms with Crippen LogP contribution in [0, 0.1) is 5.82 Å². The zero-order valence-electron chi connectivity index (χ0n) is 12.7. The molecule has 1 aromatic carbocycles. The van der Waals surface area contributed by atoms with Crippen molar-refractivity contribution in [1.82, 2.24) is 5.32 Å². The fourth-order valence-electron chi connectivity index (χ4n) is 2.56. The number of hydrogen-bond donors (Lipinski definition) is 1. The van der Waals surface area contributed by atoms with Gasteiger partial charge in [0.25, 0.3) is 0 Å². The third kappa shape index (κ3) is 3.91. The molecule has 2 aromatic rings. The molecule has 0 spiro atoms. The van der Waals surface area contributed by atoms with E-state index in [0.717, 1.165) is 0 Å². The highest BCUT2D eigenvalue weighted by Crippen LogP contribution is 2.25. The van der Waals surface area contributed by atoms with Gasteiger partial charge in [-0.05, 0) is 36.8 Å². The van der Waals surface area contributed by atoms with E-state index in [4.69, 9.17) is 4.42 Å². The van der Waals surface area contributed by atoms with Gasteiger partial charge in [0.15, 0.2) is 9.84 Å². The maximum absolute atomic E-state index is 13.7. The highest BCUT2D eigenvalue weighted by Gasteiger charge is 2.28. The second-order valence-corrected chi connectivity index (χ2v) is 7.85. The standard InChI is InChI=1S/C17H16FNO4S/c18-15-4-2-1-3-14(15)16-7-5-13(23-16)6-8-17(20)19-12-9-10-24(21,22)11-12/h1-8,12H,9-11H2,(H,19,20)/b8-6+/t12-/m0/s1. The number of carbonyl (C=O) groups is 1. The van der Waals surface area contributed by atoms with Crippen molar-refractivity contribution in [3.05, 3.63) is 54.1 Å². The van der Waals surface area contributed by atoms with Gasteiger partial charge in [0.05, 0.1) is 17.1 Å². The molecule has 1 aliphatic heterocycles. The van der Waals surface area contributed by atoms with Crippen molar-refractivity contribution >= 4 is 21.8 Å². The van der Waals surface area contributed by atoms with Crippen LogP contribution < -0.4 is 5.32 Å². The third-order valence-corrected chi connectivity index (χ3v) is 5.51. The fourth-order valence-corrected chi connectivity index (χ4v) is 4.24. The first-order valence-electron chi connectivity index (χ1n) is 7.47. The monoisotopic (exact) mass is 349 g/mol. The lowest BCUT2D eigenvalue weighted by Crippen LogP contribution is -2.34. The van der Waals surface area contributed by atoms with Gasteiger partial charge in [0, 0.05) is 12.1 Å². The zero-order chi connectivity index (χ0) is 17.2. The Labute approximate surface area is 139 Å². The van der Waals surface area contributed by atoms with Crippen LogP contribution in [0.25, 0.3) is 17.4 Å². The SMILES string of the molecule is O=C(/C=C/c1ccc(-c2ccccc2F)o1)N[C@H]1CCS(=O)(=O)C1. The minimum absolute atomic E-state index is 0.0231. The third-order valence-electron chi connectivity index (χ3n) is 3.74. The maximum atomic E-state index is 13.7. The van der Waals surface area contributed by atoms with Gasteiger partial charge in [-0.25, -0.2) is 12.8 Å². The average Bonchev–Trinajstić information content (AvgIpc) is 3.12. The Morgan fingerprint density at radius 2 is 2.04 bits per heavy atom. The molecule has 7 heteroatoms. The van der Waals surface area contributed by atoms with E-state index in [9.17, 15) is 17.6 Å². The Hall–Kier alpha value is -2.41. The number of halogens is 1. The number of rotatable bonds is 4. The smallest absolute Gasteiger partial charge is 0.244 e. The first-order valence-corrected chi connectivity index (χ1v) is 9.29. The van der Waals surface area contributed by atoms with E-state index < -0.39 is 9.84 Å². The normalized spacial score (nSPS) is 19.6. The Kier molecular flexibility index (Phi) is 4.53. The van der Waals surface area contributed by atoms with E-state index in [2.05, 4.69) is 5.32 Å². The molecule has 1 atom stereocenters. The van der Waals surface area contributed by atoms with Gasteiger partial charge >= 0.3 is 0 Å². The van der Waals surface area contributed by atoms with E-state index in [1.165, 1.54) is 18.2 Å². The number of hydrogen-bond acceptors (Lipinski definition) is 4. The molecular formula is C17H16FNO4S. The fraction of sp³-hybridized carbons (Fsp3) is 0.235. The molecule has 1 saturated heterocycles. The molecule has 0 saturated carbocycles. The first kappa shape index (κ1) is 16.4. The van der Waals surface area contributed by atoms with Crippen LogP contribution in [-0.4, -0.2) is 31.9 Å². The first-order chi connectivity index (χ1) is 11.4. The van der Waals surface area contributed by atoms with Crippen LogP contribution in [0.1, 0.15) is 12.2 Å². The van der Waals surface area contributed by atoms with Gasteiger partial charge in [0.2, 0.25) is 5.91 Å². The van der Waals surface area contributed by atoms with Crippen LogP contribution in [0.2, 0.25) is 0 Å². The van der Waals surface area contributed by atoms with Gasteiger partial charge in [-0.1, -0.05) is 12.1 Å². The van der Waals surface area contributed by atoms with E-state index in [1.54, 1.807) is 30.3 Å². The highest BCUT2D eigenvalue weighted by molar-refractivity contribution is 7.91. The highest BCUT2D eigenvalue weighted by atomic mass is 32.2. The summed E-state index contributed by atoms with van der Waals surface area (Å²) in [6.07, 6.45) is 3.16. The molecule has 5 nitrogen and oxygen atoms in total. The number of benzene rings is 1. The van der Waals surface area contributed by atoms with Gasteiger partial charge in [-0.3, -0.25) is 4.79 Å². The molecule has 3 rings (SSSR count). The molecule has 1 fully saturated rings. The molecule has 0 bridgehead atoms. The Balaban J connectivity index is 1.63. The van der Waals surface area contributed by atoms with Crippen LogP contribution in [0.4, 0.5) is 4.39 Å². The summed E-state index contributed by atoms with van der Waals surface area (Å²) in [6, 6.07) is 9.16. The Morgan fingerprint density at radius 1 is 1.25 bits per heavy atom. The topological polar surface area (TPSA) is 76.4 Å². The molecule has 1 aromatic heterocycles. The minimum atomic E-state index is -3.03. The lowest BCUT2D eigenvalue weighted by Gasteiger charge is -2.07. The molecule has 2 heterocycles. The number of amides is 1. The second kappa shape index (κ2) is 6.60. The van der Waals surface area contributed by atoms with Crippen molar-refractivity contribution < 1.29 is 22.0 Å². The molecular weight excluding hydrogens is 333 g/mol. The number of nitrogens with one attached hydrogen (secondary N) is 1. The minimum Gasteiger partial charge on any atom is -0.457 e. The van der Waals surface area contributed by atoms with E-state index >= 15 is 0 Å². The number of carbonyl (C=O) groups excluding carboxylic acids is 1. The summed E-state index contributed by atoms with van der Waals surface area (Å²) in [4.78, 5) is 11.8. The number of furan rings is 1. The summed E-state index contributed by atoms with van der Waals surface area (Å²) in [6.45, 7) is 0. The van der Waals surface area contributed by atoms with Gasteiger partial charge in [0.1, 0.15) is 17.3 Å². The zero-order valence-corrected chi connectivity index (χ0v) is 13.6. The van der Waals surface area contributed by atoms with Gasteiger partial charge < -0.3 is 9.73 Å². The van der Waals surface area contributed by atoms with Crippen LogP contribution in [0.5, 0.6) is 0 Å². The van der Waals surface area contributed by atoms with Crippen LogP contribution >= 0.6 is 0 Å². The summed E-state index contributed by atoms with van der Waals surface area (Å²) < 4.78 is 41.9. The van der Waals surface area contributed by atoms with Crippen molar-refractivity contribution in [2.75, 3.05) is 11.5 Å². The molecule has 126 valence electrons. The average molecular weight is 349 g/mol. The van der Waals surface area contributed by atoms with Crippen LogP contribution in [-0.2, 0) is 14.6 Å². The predicted molar refractivity (Wildman–Crippen MR) is 88.3 cm³/mol. The molecule has 0 aliphatic carbocycles. The van der Waals surface area contributed by atoms with Crippen molar-refractivity contribution in [2.24, 2.45) is 0 Å². The summed E-state index contributed by atoms with van der Waals surface area (Å²) >= 11 is 0. The second-order valence-electron chi connectivity index (χ2n) is 5.62. The summed E-state index contributed by atoms with van der Waals surface area (Å²) in [5.74, 6) is 0.0809. The predicted octanol–water partition coefficient (Wildman–Crippen LogP) is 2.40. The van der Waals surface area contributed by atoms with Crippen molar-refractivity contribution in [2.45, 2.75) is 12.5 Å². The molecule has 0 unspecified atom stereocenters. The Bertz CT molecular complexity index is 886. The van der Waals surface area contributed by atoms with Gasteiger partial charge in [-0.2, -0.15) is 0 Å². The summed E-state index contributed by atoms with van der Waals surface area (Å²) in [7, 11) is -3.03. The van der Waals surface area contributed by atoms with Crippen molar-refractivity contribution in [3.8, 4) is 11.3 Å². The molecule has 1 amide bonds. The van der Waals surface area contributed by atoms with Crippen LogP contribution in [0.3, 0.4) is 0 Å². The van der Waals surface area contributed by atoms with Gasteiger partial charge in [-0.15, -0.1) is 0 Å². The van der Waals surface area contributed by atoms with E-state index in [0.29, 0.717) is 23.5 Å². The lowest BCUT2D eigenvalue weighted by molar-refractivity contribution is -0.116. The molecule has 24 heavy (non-hydrogen) atoms. The molecule has 1 N–H and O–H groups in total. The molecule has 1 aliphatic rings. The van der Waals surface area contributed by atoms with E-state index in [1.807, 2.05) is 0 Å². The van der Waals surface area contributed by atoms with Crippen LogP contribution in [0.15, 0.2) is 46.9 Å². The largest absolute Gasteiger partial charge is 0.457 e. The summed E-state index contributed by atoms with van der Waals surface area (Å²) in [5, 5.41) is 2.65. The lowest BCUT2D eigenvalue weighted by atomic mass is 10.1. The maximum Gasteiger partial charge on any atom is 0.244 e. The van der Waals surface area contributed by atoms with E-state index in [-0.39, 0.29) is 29.3 Å². The molecule has 0 radical (unpaired) electrons.